The van der Waals surface area contributed by atoms with Crippen LogP contribution in [-0.4, -0.2) is 17.1 Å². The van der Waals surface area contributed by atoms with Crippen LogP contribution in [0, 0.1) is 0 Å². The van der Waals surface area contributed by atoms with Gasteiger partial charge in [-0.05, 0) is 54.8 Å². The van der Waals surface area contributed by atoms with Crippen molar-refractivity contribution >= 4 is 29.0 Å². The second kappa shape index (κ2) is 11.7. The Morgan fingerprint density at radius 3 is 1.34 bits per heavy atom. The van der Waals surface area contributed by atoms with Crippen molar-refractivity contribution in [2.45, 2.75) is 18.4 Å². The number of aliphatic hydroxyl groups is 1. The Hall–Kier alpha value is -3.84. The van der Waals surface area contributed by atoms with E-state index >= 15 is 0 Å². The molecule has 0 bridgehead atoms. The number of carbonyl (C=O) groups excluding carboxylic acids is 1. The van der Waals surface area contributed by atoms with Crippen molar-refractivity contribution in [2.24, 2.45) is 0 Å². The van der Waals surface area contributed by atoms with E-state index in [-0.39, 0.29) is 5.78 Å². The first-order valence-corrected chi connectivity index (χ1v) is 15.0. The summed E-state index contributed by atoms with van der Waals surface area (Å²) in [6.45, 7) is 0. The van der Waals surface area contributed by atoms with E-state index in [0.29, 0.717) is 24.0 Å². The van der Waals surface area contributed by atoms with Gasteiger partial charge in [-0.3, -0.25) is 4.79 Å². The molecule has 1 atom stereocenters. The Balaban J connectivity index is 1.57. The van der Waals surface area contributed by atoms with Gasteiger partial charge in [0.25, 0.3) is 0 Å². The Morgan fingerprint density at radius 2 is 0.921 bits per heavy atom. The van der Waals surface area contributed by atoms with Crippen molar-refractivity contribution in [3.63, 3.8) is 0 Å². The number of ketones is 1. The second-order valence-corrected chi connectivity index (χ2v) is 13.2. The molecule has 0 spiro atoms. The highest BCUT2D eigenvalue weighted by atomic mass is 31.2. The lowest BCUT2D eigenvalue weighted by Gasteiger charge is -2.31. The fourth-order valence-corrected chi connectivity index (χ4v) is 9.73. The average Bonchev–Trinajstić information content (AvgIpc) is 3.01. The van der Waals surface area contributed by atoms with Gasteiger partial charge in [0.2, 0.25) is 0 Å². The third-order valence-corrected chi connectivity index (χ3v) is 11.8. The summed E-state index contributed by atoms with van der Waals surface area (Å²) in [7, 11) is -2.06. The van der Waals surface area contributed by atoms with Gasteiger partial charge in [-0.2, -0.15) is 0 Å². The minimum absolute atomic E-state index is 0.257. The zero-order valence-corrected chi connectivity index (χ0v) is 22.3. The molecule has 0 aliphatic carbocycles. The van der Waals surface area contributed by atoms with Crippen LogP contribution in [-0.2, 0) is 5.60 Å². The average molecular weight is 516 g/mol. The molecule has 38 heavy (non-hydrogen) atoms. The quantitative estimate of drug-likeness (QED) is 0.170. The number of rotatable bonds is 10. The molecule has 0 aromatic heterocycles. The topological polar surface area (TPSA) is 37.3 Å². The van der Waals surface area contributed by atoms with E-state index in [2.05, 4.69) is 91.0 Å². The molecule has 5 aromatic carbocycles. The molecule has 2 nitrogen and oxygen atoms in total. The maximum absolute atomic E-state index is 13.8. The number of hydrogen-bond donors (Lipinski definition) is 1. The molecule has 188 valence electrons. The molecule has 0 unspecified atom stereocenters. The van der Waals surface area contributed by atoms with Crippen LogP contribution in [0.3, 0.4) is 0 Å². The Bertz CT molecular complexity index is 1340. The summed E-state index contributed by atoms with van der Waals surface area (Å²) >= 11 is 0. The molecule has 3 heteroatoms. The number of carbonyl (C=O) groups is 1. The maximum atomic E-state index is 13.8. The van der Waals surface area contributed by atoms with Crippen molar-refractivity contribution < 1.29 is 9.90 Å². The summed E-state index contributed by atoms with van der Waals surface area (Å²) in [5.74, 6) is -0.257. The van der Waals surface area contributed by atoms with E-state index in [1.807, 2.05) is 48.5 Å². The molecule has 0 aliphatic rings. The third kappa shape index (κ3) is 5.11. The second-order valence-electron chi connectivity index (χ2n) is 9.57. The van der Waals surface area contributed by atoms with Gasteiger partial charge >= 0.3 is 0 Å². The Labute approximate surface area is 226 Å². The fraction of sp³-hybridized carbons (Fsp3) is 0.114. The molecular formula is C35H32O2P+. The predicted molar refractivity (Wildman–Crippen MR) is 160 cm³/mol. The van der Waals surface area contributed by atoms with Crippen LogP contribution in [0.15, 0.2) is 152 Å². The predicted octanol–water partition coefficient (Wildman–Crippen LogP) is 6.53. The van der Waals surface area contributed by atoms with Gasteiger partial charge in [-0.1, -0.05) is 115 Å². The van der Waals surface area contributed by atoms with Gasteiger partial charge in [-0.25, -0.2) is 0 Å². The fourth-order valence-electron chi connectivity index (χ4n) is 5.39. The molecule has 0 heterocycles. The lowest BCUT2D eigenvalue weighted by molar-refractivity contribution is 0.0248. The number of Topliss-reactive ketones (excluding diaryl/α,β-unsaturated/α-hetero) is 1. The van der Waals surface area contributed by atoms with E-state index in [9.17, 15) is 9.90 Å². The largest absolute Gasteiger partial charge is 0.377 e. The zero-order valence-electron chi connectivity index (χ0n) is 21.4. The van der Waals surface area contributed by atoms with Crippen molar-refractivity contribution in [1.29, 1.82) is 0 Å². The molecule has 5 rings (SSSR count). The molecule has 0 saturated heterocycles. The van der Waals surface area contributed by atoms with Gasteiger partial charge < -0.3 is 5.11 Å². The highest BCUT2D eigenvalue weighted by Gasteiger charge is 2.46. The molecule has 0 amide bonds. The van der Waals surface area contributed by atoms with Gasteiger partial charge in [0.1, 0.15) is 23.2 Å². The van der Waals surface area contributed by atoms with E-state index in [4.69, 9.17) is 0 Å². The van der Waals surface area contributed by atoms with Crippen LogP contribution in [0.25, 0.3) is 0 Å². The normalized spacial score (nSPS) is 13.0. The Kier molecular flexibility index (Phi) is 7.94. The Morgan fingerprint density at radius 1 is 0.553 bits per heavy atom. The van der Waals surface area contributed by atoms with Crippen molar-refractivity contribution in [1.82, 2.24) is 0 Å². The monoisotopic (exact) mass is 515 g/mol. The first-order chi connectivity index (χ1) is 18.6. The van der Waals surface area contributed by atoms with Gasteiger partial charge in [0, 0.05) is 5.56 Å². The van der Waals surface area contributed by atoms with E-state index < -0.39 is 12.9 Å². The lowest BCUT2D eigenvalue weighted by atomic mass is 9.82. The minimum Gasteiger partial charge on any atom is -0.377 e. The van der Waals surface area contributed by atoms with Crippen LogP contribution in [0.4, 0.5) is 0 Å². The zero-order chi connectivity index (χ0) is 26.3. The molecule has 0 radical (unpaired) electrons. The summed E-state index contributed by atoms with van der Waals surface area (Å²) in [5, 5.41) is 16.0. The molecular weight excluding hydrogens is 483 g/mol. The van der Waals surface area contributed by atoms with Crippen LogP contribution >= 0.6 is 7.26 Å². The van der Waals surface area contributed by atoms with Gasteiger partial charge in [-0.15, -0.1) is 0 Å². The van der Waals surface area contributed by atoms with E-state index in [0.717, 1.165) is 6.16 Å². The first-order valence-electron chi connectivity index (χ1n) is 13.1. The van der Waals surface area contributed by atoms with Crippen LogP contribution in [0.2, 0.25) is 0 Å². The van der Waals surface area contributed by atoms with Gasteiger partial charge in [0.05, 0.1) is 6.16 Å². The van der Waals surface area contributed by atoms with Crippen LogP contribution in [0.1, 0.15) is 28.8 Å². The molecule has 1 N–H and O–H groups in total. The summed E-state index contributed by atoms with van der Waals surface area (Å²) < 4.78 is 0. The van der Waals surface area contributed by atoms with Crippen LogP contribution < -0.4 is 15.9 Å². The molecule has 5 aromatic rings. The maximum Gasteiger partial charge on any atom is 0.198 e. The summed E-state index contributed by atoms with van der Waals surface area (Å²) in [4.78, 5) is 13.8. The summed E-state index contributed by atoms with van der Waals surface area (Å²) in [6, 6.07) is 50.7. The third-order valence-electron chi connectivity index (χ3n) is 7.29. The van der Waals surface area contributed by atoms with Crippen molar-refractivity contribution in [3.8, 4) is 0 Å². The van der Waals surface area contributed by atoms with E-state index in [1.165, 1.54) is 15.9 Å². The highest BCUT2D eigenvalue weighted by Crippen LogP contribution is 2.56. The molecule has 0 fully saturated rings. The highest BCUT2D eigenvalue weighted by molar-refractivity contribution is 7.95. The van der Waals surface area contributed by atoms with Gasteiger partial charge in [0.15, 0.2) is 11.4 Å². The molecule has 0 aliphatic heterocycles. The van der Waals surface area contributed by atoms with E-state index in [1.54, 1.807) is 12.1 Å². The first kappa shape index (κ1) is 25.8. The van der Waals surface area contributed by atoms with Crippen molar-refractivity contribution in [3.05, 3.63) is 163 Å². The van der Waals surface area contributed by atoms with Crippen LogP contribution in [0.5, 0.6) is 0 Å². The molecule has 0 saturated carbocycles. The summed E-state index contributed by atoms with van der Waals surface area (Å²) in [5.41, 5.74) is -0.450. The smallest absolute Gasteiger partial charge is 0.198 e. The van der Waals surface area contributed by atoms with Crippen molar-refractivity contribution in [2.75, 3.05) is 6.16 Å². The SMILES string of the molecule is O=C(c1ccccc1)[C@](O)(CCC[P+](c1ccccc1)(c1ccccc1)c1ccccc1)c1ccccc1. The summed E-state index contributed by atoms with van der Waals surface area (Å²) in [6.07, 6.45) is 1.84. The number of hydrogen-bond acceptors (Lipinski definition) is 2. The lowest BCUT2D eigenvalue weighted by Crippen LogP contribution is -2.38. The minimum atomic E-state index is -2.06. The standard InChI is InChI=1S/C35H32O2P/c36-34(29-17-6-1-7-18-29)35(37,30-19-8-2-9-20-30)27-16-28-38(31-21-10-3-11-22-31,32-23-12-4-13-24-32)33-25-14-5-15-26-33/h1-15,17-26,37H,16,27-28H2/q+1/t35-/m0/s1. The number of benzene rings is 5.